The van der Waals surface area contributed by atoms with Crippen LogP contribution in [0.2, 0.25) is 0 Å². The number of hydrogen-bond donors (Lipinski definition) is 2. The molecule has 5 heteroatoms. The van der Waals surface area contributed by atoms with Gasteiger partial charge in [0.15, 0.2) is 11.5 Å². The van der Waals surface area contributed by atoms with Crippen molar-refractivity contribution in [3.05, 3.63) is 29.3 Å². The summed E-state index contributed by atoms with van der Waals surface area (Å²) in [4.78, 5) is 13.8. The molecule has 0 spiro atoms. The van der Waals surface area contributed by atoms with E-state index in [0.29, 0.717) is 5.56 Å². The number of halogens is 1. The first kappa shape index (κ1) is 9.60. The Labute approximate surface area is 74.2 Å². The van der Waals surface area contributed by atoms with Gasteiger partial charge in [0.05, 0.1) is 0 Å². The molecule has 1 atom stereocenters. The SMILES string of the molecule is C[C@H](N)c1cnc(C(=O)O)c(F)c1. The number of carboxylic acid groups (broad SMARTS) is 1. The molecule has 0 amide bonds. The van der Waals surface area contributed by atoms with Crippen molar-refractivity contribution in [3.63, 3.8) is 0 Å². The van der Waals surface area contributed by atoms with Gasteiger partial charge in [-0.15, -0.1) is 0 Å². The van der Waals surface area contributed by atoms with E-state index in [1.54, 1.807) is 6.92 Å². The zero-order valence-corrected chi connectivity index (χ0v) is 6.99. The summed E-state index contributed by atoms with van der Waals surface area (Å²) in [5, 5.41) is 8.46. The molecule has 0 aliphatic heterocycles. The summed E-state index contributed by atoms with van der Waals surface area (Å²) in [6.07, 6.45) is 1.26. The smallest absolute Gasteiger partial charge is 0.357 e. The number of hydrogen-bond acceptors (Lipinski definition) is 3. The topological polar surface area (TPSA) is 76.2 Å². The van der Waals surface area contributed by atoms with Crippen LogP contribution in [-0.2, 0) is 0 Å². The minimum atomic E-state index is -1.38. The van der Waals surface area contributed by atoms with Crippen LogP contribution in [0.5, 0.6) is 0 Å². The van der Waals surface area contributed by atoms with E-state index in [1.807, 2.05) is 0 Å². The molecule has 0 unspecified atom stereocenters. The van der Waals surface area contributed by atoms with Crippen LogP contribution in [0.3, 0.4) is 0 Å². The Morgan fingerprint density at radius 1 is 1.77 bits per heavy atom. The maximum absolute atomic E-state index is 13.0. The molecule has 13 heavy (non-hydrogen) atoms. The maximum atomic E-state index is 13.0. The lowest BCUT2D eigenvalue weighted by Gasteiger charge is -2.05. The molecular formula is C8H9FN2O2. The number of carboxylic acids is 1. The lowest BCUT2D eigenvalue weighted by molar-refractivity contribution is 0.0685. The molecule has 0 aromatic carbocycles. The van der Waals surface area contributed by atoms with Gasteiger partial charge in [0.2, 0.25) is 0 Å². The first-order valence-electron chi connectivity index (χ1n) is 3.66. The van der Waals surface area contributed by atoms with Gasteiger partial charge in [0.25, 0.3) is 0 Å². The van der Waals surface area contributed by atoms with Crippen LogP contribution in [0.25, 0.3) is 0 Å². The van der Waals surface area contributed by atoms with Gasteiger partial charge >= 0.3 is 5.97 Å². The molecule has 0 saturated heterocycles. The summed E-state index contributed by atoms with van der Waals surface area (Å²) >= 11 is 0. The van der Waals surface area contributed by atoms with Crippen molar-refractivity contribution in [2.24, 2.45) is 5.73 Å². The fourth-order valence-corrected chi connectivity index (χ4v) is 0.859. The van der Waals surface area contributed by atoms with Crippen LogP contribution < -0.4 is 5.73 Å². The summed E-state index contributed by atoms with van der Waals surface area (Å²) in [5.41, 5.74) is 5.35. The Morgan fingerprint density at radius 3 is 2.77 bits per heavy atom. The van der Waals surface area contributed by atoms with E-state index in [2.05, 4.69) is 4.98 Å². The van der Waals surface area contributed by atoms with Crippen molar-refractivity contribution in [1.82, 2.24) is 4.98 Å². The van der Waals surface area contributed by atoms with Crippen LogP contribution in [-0.4, -0.2) is 16.1 Å². The van der Waals surface area contributed by atoms with Gasteiger partial charge in [0.1, 0.15) is 0 Å². The molecule has 1 aromatic heterocycles. The number of aromatic carboxylic acids is 1. The van der Waals surface area contributed by atoms with E-state index in [1.165, 1.54) is 6.20 Å². The standard InChI is InChI=1S/C8H9FN2O2/c1-4(10)5-2-6(9)7(8(12)13)11-3-5/h2-4H,10H2,1H3,(H,12,13)/t4-/m0/s1. The predicted octanol–water partition coefficient (Wildman–Crippen LogP) is 0.939. The quantitative estimate of drug-likeness (QED) is 0.717. The van der Waals surface area contributed by atoms with Gasteiger partial charge in [-0.3, -0.25) is 0 Å². The van der Waals surface area contributed by atoms with Gasteiger partial charge in [-0.2, -0.15) is 0 Å². The molecule has 0 bridgehead atoms. The molecule has 0 aliphatic carbocycles. The zero-order valence-electron chi connectivity index (χ0n) is 6.99. The van der Waals surface area contributed by atoms with Crippen LogP contribution in [0.15, 0.2) is 12.3 Å². The van der Waals surface area contributed by atoms with E-state index >= 15 is 0 Å². The molecular weight excluding hydrogens is 175 g/mol. The summed E-state index contributed by atoms with van der Waals surface area (Å²) in [7, 11) is 0. The van der Waals surface area contributed by atoms with Gasteiger partial charge in [-0.1, -0.05) is 0 Å². The highest BCUT2D eigenvalue weighted by Gasteiger charge is 2.13. The first-order chi connectivity index (χ1) is 6.02. The molecule has 70 valence electrons. The van der Waals surface area contributed by atoms with Gasteiger partial charge in [0, 0.05) is 12.2 Å². The second-order valence-electron chi connectivity index (χ2n) is 2.69. The summed E-state index contributed by atoms with van der Waals surface area (Å²) in [6, 6.07) is 0.728. The lowest BCUT2D eigenvalue weighted by Crippen LogP contribution is -2.09. The van der Waals surface area contributed by atoms with Crippen molar-refractivity contribution in [2.75, 3.05) is 0 Å². The summed E-state index contributed by atoms with van der Waals surface area (Å²) in [5.74, 6) is -2.24. The second kappa shape index (κ2) is 3.49. The average Bonchev–Trinajstić information content (AvgIpc) is 2.03. The van der Waals surface area contributed by atoms with Crippen molar-refractivity contribution in [2.45, 2.75) is 13.0 Å². The van der Waals surface area contributed by atoms with E-state index < -0.39 is 17.5 Å². The number of rotatable bonds is 2. The molecule has 1 aromatic rings. The third kappa shape index (κ3) is 2.00. The van der Waals surface area contributed by atoms with E-state index in [9.17, 15) is 9.18 Å². The van der Waals surface area contributed by atoms with Crippen LogP contribution in [0.1, 0.15) is 29.0 Å². The van der Waals surface area contributed by atoms with Crippen LogP contribution >= 0.6 is 0 Å². The molecule has 4 nitrogen and oxygen atoms in total. The molecule has 0 saturated carbocycles. The number of aromatic nitrogens is 1. The molecule has 1 rings (SSSR count). The van der Waals surface area contributed by atoms with Crippen molar-refractivity contribution in [1.29, 1.82) is 0 Å². The van der Waals surface area contributed by atoms with Crippen LogP contribution in [0, 0.1) is 5.82 Å². The molecule has 3 N–H and O–H groups in total. The fourth-order valence-electron chi connectivity index (χ4n) is 0.859. The lowest BCUT2D eigenvalue weighted by atomic mass is 10.1. The molecule has 0 aliphatic rings. The predicted molar refractivity (Wildman–Crippen MR) is 43.8 cm³/mol. The maximum Gasteiger partial charge on any atom is 0.357 e. The molecule has 0 fully saturated rings. The second-order valence-corrected chi connectivity index (χ2v) is 2.69. The third-order valence-corrected chi connectivity index (χ3v) is 1.59. The average molecular weight is 184 g/mol. The van der Waals surface area contributed by atoms with Gasteiger partial charge in [-0.05, 0) is 18.6 Å². The Morgan fingerprint density at radius 2 is 2.38 bits per heavy atom. The minimum Gasteiger partial charge on any atom is -0.476 e. The van der Waals surface area contributed by atoms with E-state index in [0.717, 1.165) is 6.07 Å². The Bertz CT molecular complexity index is 339. The third-order valence-electron chi connectivity index (χ3n) is 1.59. The number of pyridine rings is 1. The number of nitrogens with zero attached hydrogens (tertiary/aromatic N) is 1. The summed E-state index contributed by atoms with van der Waals surface area (Å²) < 4.78 is 13.0. The van der Waals surface area contributed by atoms with Crippen molar-refractivity contribution >= 4 is 5.97 Å². The summed E-state index contributed by atoms with van der Waals surface area (Å²) in [6.45, 7) is 1.66. The minimum absolute atomic E-state index is 0.357. The molecule has 1 heterocycles. The highest BCUT2D eigenvalue weighted by molar-refractivity contribution is 5.85. The van der Waals surface area contributed by atoms with Crippen molar-refractivity contribution in [3.8, 4) is 0 Å². The highest BCUT2D eigenvalue weighted by atomic mass is 19.1. The van der Waals surface area contributed by atoms with Crippen LogP contribution in [0.4, 0.5) is 4.39 Å². The number of carbonyl (C=O) groups is 1. The monoisotopic (exact) mass is 184 g/mol. The number of nitrogens with two attached hydrogens (primary N) is 1. The van der Waals surface area contributed by atoms with E-state index in [4.69, 9.17) is 10.8 Å². The Hall–Kier alpha value is -1.49. The Balaban J connectivity index is 3.13. The van der Waals surface area contributed by atoms with Crippen molar-refractivity contribution < 1.29 is 14.3 Å². The normalized spacial score (nSPS) is 12.5. The van der Waals surface area contributed by atoms with Gasteiger partial charge in [-0.25, -0.2) is 14.2 Å². The fraction of sp³-hybridized carbons (Fsp3) is 0.250. The van der Waals surface area contributed by atoms with Gasteiger partial charge < -0.3 is 10.8 Å². The van der Waals surface area contributed by atoms with E-state index in [-0.39, 0.29) is 6.04 Å². The first-order valence-corrected chi connectivity index (χ1v) is 3.66. The largest absolute Gasteiger partial charge is 0.476 e. The molecule has 0 radical (unpaired) electrons. The zero-order chi connectivity index (χ0) is 10.0. The highest BCUT2D eigenvalue weighted by Crippen LogP contribution is 2.12. The Kier molecular flexibility index (Phi) is 2.57.